The zero-order chi connectivity index (χ0) is 26.2. The number of pyridine rings is 1. The Bertz CT molecular complexity index is 1280. The average molecular weight is 502 g/mol. The number of aromatic nitrogens is 1. The summed E-state index contributed by atoms with van der Waals surface area (Å²) in [5, 5.41) is 4.12. The molecule has 0 radical (unpaired) electrons. The van der Waals surface area contributed by atoms with Crippen LogP contribution in [-0.4, -0.2) is 53.2 Å². The smallest absolute Gasteiger partial charge is 0.410 e. The van der Waals surface area contributed by atoms with Crippen LogP contribution in [0.1, 0.15) is 50.9 Å². The molecule has 1 saturated heterocycles. The Morgan fingerprint density at radius 3 is 2.35 bits per heavy atom. The van der Waals surface area contributed by atoms with Crippen LogP contribution in [-0.2, 0) is 4.74 Å². The topological polar surface area (TPSA) is 80.8 Å². The third kappa shape index (κ3) is 5.55. The first-order chi connectivity index (χ1) is 17.7. The van der Waals surface area contributed by atoms with Gasteiger partial charge in [0.25, 0.3) is 5.91 Å². The summed E-state index contributed by atoms with van der Waals surface area (Å²) in [4.78, 5) is 32.7. The zero-order valence-corrected chi connectivity index (χ0v) is 22.0. The number of hydrogen-bond donors (Lipinski definition) is 1. The van der Waals surface area contributed by atoms with Crippen molar-refractivity contribution < 1.29 is 19.1 Å². The minimum absolute atomic E-state index is 0.0836. The maximum absolute atomic E-state index is 13.5. The summed E-state index contributed by atoms with van der Waals surface area (Å²) in [6.45, 7) is 9.60. The van der Waals surface area contributed by atoms with Crippen LogP contribution in [0.25, 0.3) is 22.2 Å². The first kappa shape index (κ1) is 25.1. The summed E-state index contributed by atoms with van der Waals surface area (Å²) in [6.07, 6.45) is 1.49. The number of carbonyl (C=O) groups excluding carboxylic acids is 2. The standard InChI is InChI=1S/C30H35N3O4/c1-5-36-23-12-10-19(11-13-23)27-16-25(24-8-6-7-9-26(24)32-27)28(34)31-22-14-20-17-33(18-21(20)15-22)29(35)37-30(2,3)4/h6-13,16,20-22H,5,14-15,17-18H2,1-4H3,(H,31,34)/t20-,21+,22?. The minimum atomic E-state index is -0.497. The van der Waals surface area contributed by atoms with Crippen molar-refractivity contribution in [2.24, 2.45) is 11.8 Å². The van der Waals surface area contributed by atoms with E-state index in [1.54, 1.807) is 0 Å². The van der Waals surface area contributed by atoms with E-state index in [0.717, 1.165) is 40.8 Å². The number of nitrogens with one attached hydrogen (secondary N) is 1. The Labute approximate surface area is 218 Å². The zero-order valence-electron chi connectivity index (χ0n) is 22.0. The van der Waals surface area contributed by atoms with Crippen LogP contribution in [0.4, 0.5) is 4.79 Å². The van der Waals surface area contributed by atoms with Crippen molar-refractivity contribution >= 4 is 22.9 Å². The van der Waals surface area contributed by atoms with E-state index in [1.807, 2.05) is 87.2 Å². The van der Waals surface area contributed by atoms with Crippen LogP contribution in [0.3, 0.4) is 0 Å². The Morgan fingerprint density at radius 1 is 1.03 bits per heavy atom. The van der Waals surface area contributed by atoms with Gasteiger partial charge in [-0.1, -0.05) is 18.2 Å². The van der Waals surface area contributed by atoms with Crippen LogP contribution in [0.2, 0.25) is 0 Å². The van der Waals surface area contributed by atoms with Crippen molar-refractivity contribution in [3.05, 3.63) is 60.2 Å². The molecule has 5 rings (SSSR count). The fourth-order valence-electron chi connectivity index (χ4n) is 5.56. The van der Waals surface area contributed by atoms with Gasteiger partial charge in [-0.25, -0.2) is 9.78 Å². The number of likely N-dealkylation sites (tertiary alicyclic amines) is 1. The van der Waals surface area contributed by atoms with Gasteiger partial charge in [0, 0.05) is 30.1 Å². The van der Waals surface area contributed by atoms with E-state index in [4.69, 9.17) is 14.5 Å². The van der Waals surface area contributed by atoms with Crippen LogP contribution >= 0.6 is 0 Å². The maximum atomic E-state index is 13.5. The molecule has 1 N–H and O–H groups in total. The quantitative estimate of drug-likeness (QED) is 0.487. The average Bonchev–Trinajstić information content (AvgIpc) is 3.42. The summed E-state index contributed by atoms with van der Waals surface area (Å²) in [5.74, 6) is 1.49. The molecule has 0 spiro atoms. The summed E-state index contributed by atoms with van der Waals surface area (Å²) < 4.78 is 11.1. The number of ether oxygens (including phenoxy) is 2. The van der Waals surface area contributed by atoms with Crippen molar-refractivity contribution in [2.45, 2.75) is 52.2 Å². The number of para-hydroxylation sites is 1. The predicted octanol–water partition coefficient (Wildman–Crippen LogP) is 5.68. The van der Waals surface area contributed by atoms with Crippen LogP contribution < -0.4 is 10.1 Å². The monoisotopic (exact) mass is 501 g/mol. The highest BCUT2D eigenvalue weighted by atomic mass is 16.6. The molecule has 3 aromatic rings. The van der Waals surface area contributed by atoms with Crippen molar-refractivity contribution in [3.63, 3.8) is 0 Å². The number of hydrogen-bond acceptors (Lipinski definition) is 5. The molecular formula is C30H35N3O4. The van der Waals surface area contributed by atoms with Gasteiger partial charge in [0.15, 0.2) is 0 Å². The number of rotatable bonds is 5. The highest BCUT2D eigenvalue weighted by Crippen LogP contribution is 2.39. The highest BCUT2D eigenvalue weighted by Gasteiger charge is 2.43. The molecule has 2 fully saturated rings. The van der Waals surface area contributed by atoms with E-state index in [0.29, 0.717) is 37.1 Å². The maximum Gasteiger partial charge on any atom is 0.410 e. The van der Waals surface area contributed by atoms with Crippen LogP contribution in [0.15, 0.2) is 54.6 Å². The summed E-state index contributed by atoms with van der Waals surface area (Å²) >= 11 is 0. The molecule has 37 heavy (non-hydrogen) atoms. The molecule has 1 saturated carbocycles. The summed E-state index contributed by atoms with van der Waals surface area (Å²) in [5.41, 5.74) is 2.60. The van der Waals surface area contributed by atoms with Gasteiger partial charge in [0.1, 0.15) is 11.4 Å². The fraction of sp³-hybridized carbons (Fsp3) is 0.433. The van der Waals surface area contributed by atoms with Gasteiger partial charge in [0.05, 0.1) is 23.4 Å². The predicted molar refractivity (Wildman–Crippen MR) is 144 cm³/mol. The molecule has 1 aliphatic heterocycles. The SMILES string of the molecule is CCOc1ccc(-c2cc(C(=O)NC3C[C@@H]4CN(C(=O)OC(C)(C)C)C[C@@H]4C3)c3ccccc3n2)cc1. The minimum Gasteiger partial charge on any atom is -0.494 e. The molecule has 7 nitrogen and oxygen atoms in total. The van der Waals surface area contributed by atoms with E-state index in [1.165, 1.54) is 0 Å². The normalized spacial score (nSPS) is 21.1. The molecule has 194 valence electrons. The van der Waals surface area contributed by atoms with Gasteiger partial charge in [-0.2, -0.15) is 0 Å². The number of fused-ring (bicyclic) bond motifs is 2. The van der Waals surface area contributed by atoms with Crippen molar-refractivity contribution in [1.82, 2.24) is 15.2 Å². The number of nitrogens with zero attached hydrogens (tertiary/aromatic N) is 2. The molecule has 1 unspecified atom stereocenters. The Hall–Kier alpha value is -3.61. The van der Waals surface area contributed by atoms with Gasteiger partial charge in [0.2, 0.25) is 0 Å². The molecule has 1 aromatic heterocycles. The Kier molecular flexibility index (Phi) is 6.80. The lowest BCUT2D eigenvalue weighted by molar-refractivity contribution is 0.0278. The first-order valence-corrected chi connectivity index (χ1v) is 13.1. The third-order valence-electron chi connectivity index (χ3n) is 7.16. The molecule has 7 heteroatoms. The molecule has 3 atom stereocenters. The largest absolute Gasteiger partial charge is 0.494 e. The van der Waals surface area contributed by atoms with Gasteiger partial charge in [-0.05, 0) is 88.8 Å². The summed E-state index contributed by atoms with van der Waals surface area (Å²) in [7, 11) is 0. The van der Waals surface area contributed by atoms with Crippen molar-refractivity contribution in [2.75, 3.05) is 19.7 Å². The molecule has 2 heterocycles. The number of amides is 2. The van der Waals surface area contributed by atoms with Crippen LogP contribution in [0, 0.1) is 11.8 Å². The fourth-order valence-corrected chi connectivity index (χ4v) is 5.56. The molecule has 1 aliphatic carbocycles. The molecule has 2 aliphatic rings. The van der Waals surface area contributed by atoms with Gasteiger partial charge in [-0.3, -0.25) is 4.79 Å². The number of benzene rings is 2. The van der Waals surface area contributed by atoms with Crippen LogP contribution in [0.5, 0.6) is 5.75 Å². The molecular weight excluding hydrogens is 466 g/mol. The Balaban J connectivity index is 1.30. The van der Waals surface area contributed by atoms with E-state index in [-0.39, 0.29) is 18.0 Å². The second-order valence-corrected chi connectivity index (χ2v) is 11.1. The van der Waals surface area contributed by atoms with E-state index in [9.17, 15) is 9.59 Å². The van der Waals surface area contributed by atoms with Gasteiger partial charge >= 0.3 is 6.09 Å². The molecule has 2 aromatic carbocycles. The van der Waals surface area contributed by atoms with E-state index >= 15 is 0 Å². The lowest BCUT2D eigenvalue weighted by atomic mass is 10.0. The lowest BCUT2D eigenvalue weighted by Gasteiger charge is -2.25. The highest BCUT2D eigenvalue weighted by molar-refractivity contribution is 6.07. The number of carbonyl (C=O) groups is 2. The van der Waals surface area contributed by atoms with Gasteiger partial charge in [-0.15, -0.1) is 0 Å². The van der Waals surface area contributed by atoms with Gasteiger partial charge < -0.3 is 19.7 Å². The lowest BCUT2D eigenvalue weighted by Crippen LogP contribution is -2.38. The first-order valence-electron chi connectivity index (χ1n) is 13.1. The van der Waals surface area contributed by atoms with E-state index in [2.05, 4.69) is 5.32 Å². The molecule has 0 bridgehead atoms. The molecule has 2 amide bonds. The Morgan fingerprint density at radius 2 is 1.70 bits per heavy atom. The second-order valence-electron chi connectivity index (χ2n) is 11.1. The van der Waals surface area contributed by atoms with E-state index < -0.39 is 5.60 Å². The van der Waals surface area contributed by atoms with Crippen molar-refractivity contribution in [3.8, 4) is 17.0 Å². The van der Waals surface area contributed by atoms with Crippen molar-refractivity contribution in [1.29, 1.82) is 0 Å². The second kappa shape index (κ2) is 10.0. The summed E-state index contributed by atoms with van der Waals surface area (Å²) in [6, 6.07) is 17.5. The third-order valence-corrected chi connectivity index (χ3v) is 7.16.